The molecule has 3 aromatic heterocycles. The van der Waals surface area contributed by atoms with Gasteiger partial charge in [0.25, 0.3) is 5.91 Å². The van der Waals surface area contributed by atoms with Crippen molar-refractivity contribution in [3.05, 3.63) is 77.7 Å². The molecule has 5 rings (SSSR count). The molecule has 0 aliphatic heterocycles. The maximum atomic E-state index is 13.0. The van der Waals surface area contributed by atoms with E-state index < -0.39 is 17.9 Å². The number of aryl methyl sites for hydroxylation is 1. The predicted molar refractivity (Wildman–Crippen MR) is 119 cm³/mol. The van der Waals surface area contributed by atoms with Crippen LogP contribution in [0.5, 0.6) is 0 Å². The van der Waals surface area contributed by atoms with Crippen LogP contribution in [0.25, 0.3) is 32.7 Å². The maximum absolute atomic E-state index is 13.0. The van der Waals surface area contributed by atoms with Crippen LogP contribution in [0, 0.1) is 6.92 Å². The first-order valence-electron chi connectivity index (χ1n) is 9.98. The van der Waals surface area contributed by atoms with Gasteiger partial charge in [0.15, 0.2) is 0 Å². The van der Waals surface area contributed by atoms with E-state index in [1.54, 1.807) is 12.3 Å². The van der Waals surface area contributed by atoms with Gasteiger partial charge in [-0.25, -0.2) is 9.78 Å². The molecule has 0 bridgehead atoms. The number of hydrogen-bond acceptors (Lipinski definition) is 3. The number of aromatic amines is 2. The van der Waals surface area contributed by atoms with E-state index in [1.807, 2.05) is 55.5 Å². The first kappa shape index (κ1) is 18.9. The first-order chi connectivity index (χ1) is 15.0. The zero-order chi connectivity index (χ0) is 21.5. The number of hydrogen-bond donors (Lipinski definition) is 4. The van der Waals surface area contributed by atoms with Crippen molar-refractivity contribution in [2.75, 3.05) is 0 Å². The van der Waals surface area contributed by atoms with Crippen LogP contribution in [0.4, 0.5) is 0 Å². The first-order valence-corrected chi connectivity index (χ1v) is 9.98. The number of nitrogens with one attached hydrogen (secondary N) is 3. The highest BCUT2D eigenvalue weighted by Crippen LogP contribution is 2.27. The number of aliphatic carboxylic acids is 1. The van der Waals surface area contributed by atoms with Crippen LogP contribution >= 0.6 is 0 Å². The number of rotatable bonds is 5. The van der Waals surface area contributed by atoms with E-state index in [9.17, 15) is 14.7 Å². The molecule has 0 saturated carbocycles. The second-order valence-corrected chi connectivity index (χ2v) is 7.61. The molecule has 3 heterocycles. The minimum absolute atomic E-state index is 0.166. The summed E-state index contributed by atoms with van der Waals surface area (Å²) in [5, 5.41) is 15.2. The van der Waals surface area contributed by atoms with Gasteiger partial charge >= 0.3 is 5.97 Å². The van der Waals surface area contributed by atoms with Crippen molar-refractivity contribution < 1.29 is 14.7 Å². The maximum Gasteiger partial charge on any atom is 0.326 e. The van der Waals surface area contributed by atoms with Gasteiger partial charge in [-0.15, -0.1) is 0 Å². The molecular formula is C24H20N4O3. The largest absolute Gasteiger partial charge is 0.480 e. The molecule has 0 spiro atoms. The number of para-hydroxylation sites is 2. The number of aromatic nitrogens is 3. The third kappa shape index (κ3) is 3.30. The van der Waals surface area contributed by atoms with Gasteiger partial charge in [0, 0.05) is 39.8 Å². The van der Waals surface area contributed by atoms with Crippen molar-refractivity contribution in [1.29, 1.82) is 0 Å². The molecule has 0 fully saturated rings. The van der Waals surface area contributed by atoms with Gasteiger partial charge in [-0.2, -0.15) is 0 Å². The SMILES string of the molecule is Cc1nc(C(=O)NC(Cc2c[nH]c3ccccc23)C(=O)O)cc2c1[nH]c1ccccc12. The highest BCUT2D eigenvalue weighted by atomic mass is 16.4. The van der Waals surface area contributed by atoms with Crippen LogP contribution in [-0.2, 0) is 11.2 Å². The Morgan fingerprint density at radius 1 is 1.03 bits per heavy atom. The third-order valence-corrected chi connectivity index (χ3v) is 5.61. The molecule has 7 nitrogen and oxygen atoms in total. The van der Waals surface area contributed by atoms with Gasteiger partial charge < -0.3 is 20.4 Å². The van der Waals surface area contributed by atoms with Crippen LogP contribution in [0.3, 0.4) is 0 Å². The van der Waals surface area contributed by atoms with E-state index in [0.717, 1.165) is 38.3 Å². The molecule has 0 aliphatic rings. The monoisotopic (exact) mass is 412 g/mol. The number of fused-ring (bicyclic) bond motifs is 4. The lowest BCUT2D eigenvalue weighted by Crippen LogP contribution is -2.42. The van der Waals surface area contributed by atoms with Crippen molar-refractivity contribution in [3.8, 4) is 0 Å². The third-order valence-electron chi connectivity index (χ3n) is 5.61. The molecule has 0 radical (unpaired) electrons. The number of pyridine rings is 1. The fourth-order valence-corrected chi connectivity index (χ4v) is 4.07. The van der Waals surface area contributed by atoms with E-state index in [4.69, 9.17) is 0 Å². The zero-order valence-corrected chi connectivity index (χ0v) is 16.8. The summed E-state index contributed by atoms with van der Waals surface area (Å²) in [4.78, 5) is 35.7. The molecule has 31 heavy (non-hydrogen) atoms. The molecule has 2 aromatic carbocycles. The number of carbonyl (C=O) groups is 2. The van der Waals surface area contributed by atoms with Gasteiger partial charge in [-0.3, -0.25) is 4.79 Å². The second-order valence-electron chi connectivity index (χ2n) is 7.61. The number of carboxylic acids is 1. The number of benzene rings is 2. The van der Waals surface area contributed by atoms with Gasteiger partial charge in [0.05, 0.1) is 11.2 Å². The molecule has 5 aromatic rings. The summed E-state index contributed by atoms with van der Waals surface area (Å²) in [7, 11) is 0. The predicted octanol–water partition coefficient (Wildman–Crippen LogP) is 3.93. The lowest BCUT2D eigenvalue weighted by molar-refractivity contribution is -0.139. The Hall–Kier alpha value is -4.13. The van der Waals surface area contributed by atoms with Gasteiger partial charge in [0.2, 0.25) is 0 Å². The van der Waals surface area contributed by atoms with Crippen molar-refractivity contribution in [2.45, 2.75) is 19.4 Å². The Morgan fingerprint density at radius 2 is 1.74 bits per heavy atom. The summed E-state index contributed by atoms with van der Waals surface area (Å²) in [6.07, 6.45) is 1.95. The minimum Gasteiger partial charge on any atom is -0.480 e. The van der Waals surface area contributed by atoms with E-state index in [1.165, 1.54) is 0 Å². The van der Waals surface area contributed by atoms with Crippen molar-refractivity contribution in [3.63, 3.8) is 0 Å². The minimum atomic E-state index is -1.09. The summed E-state index contributed by atoms with van der Waals surface area (Å²) in [6.45, 7) is 1.83. The average molecular weight is 412 g/mol. The normalized spacial score (nSPS) is 12.4. The molecule has 154 valence electrons. The van der Waals surface area contributed by atoms with E-state index in [2.05, 4.69) is 20.3 Å². The van der Waals surface area contributed by atoms with E-state index in [0.29, 0.717) is 5.69 Å². The Morgan fingerprint density at radius 3 is 2.52 bits per heavy atom. The Bertz CT molecular complexity index is 1460. The van der Waals surface area contributed by atoms with Gasteiger partial charge in [-0.05, 0) is 30.7 Å². The van der Waals surface area contributed by atoms with Crippen LogP contribution in [-0.4, -0.2) is 38.0 Å². The number of nitrogens with zero attached hydrogens (tertiary/aromatic N) is 1. The molecule has 4 N–H and O–H groups in total. The Labute approximate surface area is 177 Å². The molecule has 0 saturated heterocycles. The molecule has 1 amide bonds. The van der Waals surface area contributed by atoms with Gasteiger partial charge in [0.1, 0.15) is 11.7 Å². The smallest absolute Gasteiger partial charge is 0.326 e. The van der Waals surface area contributed by atoms with E-state index in [-0.39, 0.29) is 12.1 Å². The highest BCUT2D eigenvalue weighted by molar-refractivity contribution is 6.10. The standard InChI is InChI=1S/C24H20N4O3/c1-13-22-17(16-7-3-5-9-19(16)27-22)11-20(26-13)23(29)28-21(24(30)31)10-14-12-25-18-8-4-2-6-15(14)18/h2-9,11-12,21,25,27H,10H2,1H3,(H,28,29)(H,30,31). The summed E-state index contributed by atoms with van der Waals surface area (Å²) in [5.74, 6) is -1.61. The number of carboxylic acid groups (broad SMARTS) is 1. The summed E-state index contributed by atoms with van der Waals surface area (Å²) < 4.78 is 0. The molecule has 7 heteroatoms. The summed E-state index contributed by atoms with van der Waals surface area (Å²) in [5.41, 5.74) is 4.46. The lowest BCUT2D eigenvalue weighted by Gasteiger charge is -2.14. The fraction of sp³-hybridized carbons (Fsp3) is 0.125. The zero-order valence-electron chi connectivity index (χ0n) is 16.8. The van der Waals surface area contributed by atoms with Crippen molar-refractivity contribution >= 4 is 44.6 Å². The van der Waals surface area contributed by atoms with Crippen molar-refractivity contribution in [1.82, 2.24) is 20.3 Å². The topological polar surface area (TPSA) is 111 Å². The quantitative estimate of drug-likeness (QED) is 0.350. The summed E-state index contributed by atoms with van der Waals surface area (Å²) in [6, 6.07) is 16.1. The second kappa shape index (κ2) is 7.28. The van der Waals surface area contributed by atoms with E-state index >= 15 is 0 Å². The molecular weight excluding hydrogens is 392 g/mol. The number of carbonyl (C=O) groups excluding carboxylic acids is 1. The van der Waals surface area contributed by atoms with Gasteiger partial charge in [-0.1, -0.05) is 36.4 Å². The van der Waals surface area contributed by atoms with Crippen LogP contribution < -0.4 is 5.32 Å². The fourth-order valence-electron chi connectivity index (χ4n) is 4.07. The van der Waals surface area contributed by atoms with Crippen LogP contribution in [0.15, 0.2) is 60.8 Å². The number of amides is 1. The number of H-pyrrole nitrogens is 2. The molecule has 1 atom stereocenters. The highest BCUT2D eigenvalue weighted by Gasteiger charge is 2.24. The molecule has 0 aliphatic carbocycles. The Kier molecular flexibility index (Phi) is 4.43. The van der Waals surface area contributed by atoms with Crippen molar-refractivity contribution in [2.24, 2.45) is 0 Å². The summed E-state index contributed by atoms with van der Waals surface area (Å²) >= 11 is 0. The molecule has 1 unspecified atom stereocenters. The van der Waals surface area contributed by atoms with Crippen LogP contribution in [0.2, 0.25) is 0 Å². The lowest BCUT2D eigenvalue weighted by atomic mass is 10.0. The average Bonchev–Trinajstić information content (AvgIpc) is 3.35. The Balaban J connectivity index is 1.46. The van der Waals surface area contributed by atoms with Crippen LogP contribution in [0.1, 0.15) is 21.7 Å².